The van der Waals surface area contributed by atoms with Crippen molar-refractivity contribution in [2.75, 3.05) is 6.61 Å². The van der Waals surface area contributed by atoms with Crippen LogP contribution in [0.15, 0.2) is 0 Å². The molecular weight excluding hydrogens is 238 g/mol. The van der Waals surface area contributed by atoms with E-state index in [0.29, 0.717) is 0 Å². The van der Waals surface area contributed by atoms with Gasteiger partial charge in [-0.1, -0.05) is 13.8 Å². The van der Waals surface area contributed by atoms with Crippen LogP contribution in [0.5, 0.6) is 0 Å². The van der Waals surface area contributed by atoms with Crippen molar-refractivity contribution in [3.05, 3.63) is 0 Å². The molecule has 0 amide bonds. The van der Waals surface area contributed by atoms with Crippen molar-refractivity contribution in [1.82, 2.24) is 0 Å². The SMILES string of the molecule is CC(=O)OCC1O[C@@H](OC(C)=O)C(N)[C@@H](C)[C@@H]1C. The Morgan fingerprint density at radius 1 is 1.17 bits per heavy atom. The molecule has 1 saturated heterocycles. The first kappa shape index (κ1) is 14.9. The average molecular weight is 259 g/mol. The molecule has 104 valence electrons. The molecule has 0 bridgehead atoms. The summed E-state index contributed by atoms with van der Waals surface area (Å²) in [6, 6.07) is -0.377. The van der Waals surface area contributed by atoms with Gasteiger partial charge in [-0.25, -0.2) is 0 Å². The molecule has 18 heavy (non-hydrogen) atoms. The number of carbonyl (C=O) groups is 2. The molecule has 0 aromatic heterocycles. The van der Waals surface area contributed by atoms with E-state index in [1.807, 2.05) is 13.8 Å². The Bertz CT molecular complexity index is 318. The summed E-state index contributed by atoms with van der Waals surface area (Å²) >= 11 is 0. The van der Waals surface area contributed by atoms with Crippen molar-refractivity contribution in [2.45, 2.75) is 46.1 Å². The topological polar surface area (TPSA) is 87.9 Å². The largest absolute Gasteiger partial charge is 0.463 e. The molecule has 0 aliphatic carbocycles. The van der Waals surface area contributed by atoms with Crippen molar-refractivity contribution in [2.24, 2.45) is 17.6 Å². The zero-order valence-corrected chi connectivity index (χ0v) is 11.2. The lowest BCUT2D eigenvalue weighted by molar-refractivity contribution is -0.234. The predicted octanol–water partition coefficient (Wildman–Crippen LogP) is 0.437. The van der Waals surface area contributed by atoms with Crippen LogP contribution in [0.1, 0.15) is 27.7 Å². The second-order valence-electron chi connectivity index (χ2n) is 4.75. The van der Waals surface area contributed by atoms with Gasteiger partial charge >= 0.3 is 11.9 Å². The molecule has 0 spiro atoms. The number of hydrogen-bond acceptors (Lipinski definition) is 6. The molecule has 2 N–H and O–H groups in total. The Morgan fingerprint density at radius 3 is 2.28 bits per heavy atom. The van der Waals surface area contributed by atoms with E-state index in [2.05, 4.69) is 0 Å². The van der Waals surface area contributed by atoms with Crippen molar-refractivity contribution < 1.29 is 23.8 Å². The van der Waals surface area contributed by atoms with Gasteiger partial charge < -0.3 is 19.9 Å². The van der Waals surface area contributed by atoms with E-state index >= 15 is 0 Å². The number of rotatable bonds is 3. The number of esters is 2. The van der Waals surface area contributed by atoms with Crippen LogP contribution in [-0.4, -0.2) is 37.0 Å². The van der Waals surface area contributed by atoms with Crippen molar-refractivity contribution >= 4 is 11.9 Å². The van der Waals surface area contributed by atoms with Gasteiger partial charge in [0.1, 0.15) is 6.61 Å². The summed E-state index contributed by atoms with van der Waals surface area (Å²) in [4.78, 5) is 21.8. The van der Waals surface area contributed by atoms with Crippen LogP contribution in [0.25, 0.3) is 0 Å². The Morgan fingerprint density at radius 2 is 1.78 bits per heavy atom. The second-order valence-corrected chi connectivity index (χ2v) is 4.75. The van der Waals surface area contributed by atoms with E-state index in [1.54, 1.807) is 0 Å². The highest BCUT2D eigenvalue weighted by Gasteiger charge is 2.41. The fourth-order valence-electron chi connectivity index (χ4n) is 1.98. The van der Waals surface area contributed by atoms with E-state index in [9.17, 15) is 9.59 Å². The van der Waals surface area contributed by atoms with E-state index in [1.165, 1.54) is 13.8 Å². The molecule has 6 heteroatoms. The van der Waals surface area contributed by atoms with Crippen LogP contribution in [0.3, 0.4) is 0 Å². The molecule has 1 heterocycles. The molecule has 1 aliphatic heterocycles. The lowest BCUT2D eigenvalue weighted by Crippen LogP contribution is -2.56. The highest BCUT2D eigenvalue weighted by atomic mass is 16.7. The Hall–Kier alpha value is -1.14. The molecule has 6 nitrogen and oxygen atoms in total. The summed E-state index contributed by atoms with van der Waals surface area (Å²) in [5.74, 6) is -0.587. The average Bonchev–Trinajstić information content (AvgIpc) is 2.27. The van der Waals surface area contributed by atoms with E-state index in [0.717, 1.165) is 0 Å². The second kappa shape index (κ2) is 6.15. The normalized spacial score (nSPS) is 35.9. The van der Waals surface area contributed by atoms with Crippen LogP contribution in [-0.2, 0) is 23.8 Å². The molecule has 1 aliphatic rings. The van der Waals surface area contributed by atoms with Gasteiger partial charge in [0.25, 0.3) is 0 Å². The third-order valence-corrected chi connectivity index (χ3v) is 3.38. The Balaban J connectivity index is 2.67. The van der Waals surface area contributed by atoms with Crippen LogP contribution >= 0.6 is 0 Å². The van der Waals surface area contributed by atoms with Crippen molar-refractivity contribution in [3.63, 3.8) is 0 Å². The first-order valence-electron chi connectivity index (χ1n) is 6.04. The quantitative estimate of drug-likeness (QED) is 0.740. The highest BCUT2D eigenvalue weighted by molar-refractivity contribution is 5.66. The number of carbonyl (C=O) groups excluding carboxylic acids is 2. The monoisotopic (exact) mass is 259 g/mol. The smallest absolute Gasteiger partial charge is 0.304 e. The number of hydrogen-bond donors (Lipinski definition) is 1. The number of ether oxygens (including phenoxy) is 3. The lowest BCUT2D eigenvalue weighted by atomic mass is 9.82. The first-order chi connectivity index (χ1) is 8.32. The summed E-state index contributed by atoms with van der Waals surface area (Å²) in [5, 5.41) is 0. The summed E-state index contributed by atoms with van der Waals surface area (Å²) in [7, 11) is 0. The maximum Gasteiger partial charge on any atom is 0.304 e. The van der Waals surface area contributed by atoms with Gasteiger partial charge in [0, 0.05) is 13.8 Å². The van der Waals surface area contributed by atoms with Gasteiger partial charge in [-0.2, -0.15) is 0 Å². The molecule has 2 unspecified atom stereocenters. The molecule has 0 saturated carbocycles. The molecule has 1 fully saturated rings. The standard InChI is InChI=1S/C12H21NO5/c1-6-7(2)11(13)12(17-9(4)15)18-10(6)5-16-8(3)14/h6-7,10-12H,5,13H2,1-4H3/t6-,7-,10?,11?,12+/m0/s1. The minimum Gasteiger partial charge on any atom is -0.463 e. The molecule has 0 aromatic rings. The van der Waals surface area contributed by atoms with Gasteiger partial charge in [0.2, 0.25) is 6.29 Å². The lowest BCUT2D eigenvalue weighted by Gasteiger charge is -2.42. The first-order valence-corrected chi connectivity index (χ1v) is 6.04. The fourth-order valence-corrected chi connectivity index (χ4v) is 1.98. The molecular formula is C12H21NO5. The van der Waals surface area contributed by atoms with Crippen LogP contribution in [0.2, 0.25) is 0 Å². The van der Waals surface area contributed by atoms with E-state index in [4.69, 9.17) is 19.9 Å². The molecule has 0 radical (unpaired) electrons. The molecule has 5 atom stereocenters. The van der Waals surface area contributed by atoms with Gasteiger partial charge in [-0.3, -0.25) is 9.59 Å². The summed E-state index contributed by atoms with van der Waals surface area (Å²) in [5.41, 5.74) is 5.97. The van der Waals surface area contributed by atoms with Gasteiger partial charge in [0.15, 0.2) is 0 Å². The maximum absolute atomic E-state index is 11.0. The predicted molar refractivity (Wildman–Crippen MR) is 63.4 cm³/mol. The minimum atomic E-state index is -0.783. The summed E-state index contributed by atoms with van der Waals surface area (Å²) in [6.45, 7) is 6.73. The van der Waals surface area contributed by atoms with E-state index < -0.39 is 12.3 Å². The minimum absolute atomic E-state index is 0.101. The zero-order chi connectivity index (χ0) is 13.9. The van der Waals surface area contributed by atoms with Crippen molar-refractivity contribution in [1.29, 1.82) is 0 Å². The molecule has 0 aromatic carbocycles. The molecule has 1 rings (SSSR count). The summed E-state index contributed by atoms with van der Waals surface area (Å²) < 4.78 is 15.6. The van der Waals surface area contributed by atoms with Gasteiger partial charge in [-0.05, 0) is 11.8 Å². The van der Waals surface area contributed by atoms with E-state index in [-0.39, 0.29) is 36.6 Å². The third kappa shape index (κ3) is 3.68. The Labute approximate surface area is 107 Å². The summed E-state index contributed by atoms with van der Waals surface area (Å²) in [6.07, 6.45) is -1.10. The van der Waals surface area contributed by atoms with Gasteiger partial charge in [0.05, 0.1) is 12.1 Å². The van der Waals surface area contributed by atoms with Crippen molar-refractivity contribution in [3.8, 4) is 0 Å². The number of nitrogens with two attached hydrogens (primary N) is 1. The highest BCUT2D eigenvalue weighted by Crippen LogP contribution is 2.30. The zero-order valence-electron chi connectivity index (χ0n) is 11.2. The third-order valence-electron chi connectivity index (χ3n) is 3.38. The fraction of sp³-hybridized carbons (Fsp3) is 0.833. The van der Waals surface area contributed by atoms with Crippen LogP contribution in [0, 0.1) is 11.8 Å². The van der Waals surface area contributed by atoms with Crippen LogP contribution < -0.4 is 5.73 Å². The van der Waals surface area contributed by atoms with Crippen LogP contribution in [0.4, 0.5) is 0 Å². The Kier molecular flexibility index (Phi) is 5.10. The maximum atomic E-state index is 11.0. The van der Waals surface area contributed by atoms with Gasteiger partial charge in [-0.15, -0.1) is 0 Å².